The molecule has 0 aliphatic rings. The number of nitrogens with one attached hydrogen (secondary N) is 1. The van der Waals surface area contributed by atoms with Gasteiger partial charge in [-0.25, -0.2) is 9.97 Å². The molecular formula is C14H25N3O2. The van der Waals surface area contributed by atoms with Gasteiger partial charge in [-0.3, -0.25) is 0 Å². The molecule has 1 aromatic rings. The van der Waals surface area contributed by atoms with Crippen molar-refractivity contribution in [1.29, 1.82) is 0 Å². The summed E-state index contributed by atoms with van der Waals surface area (Å²) in [6.07, 6.45) is 5.46. The number of rotatable bonds is 9. The fourth-order valence-corrected chi connectivity index (χ4v) is 2.03. The molecule has 5 heteroatoms. The second kappa shape index (κ2) is 8.19. The van der Waals surface area contributed by atoms with E-state index in [9.17, 15) is 0 Å². The predicted octanol–water partition coefficient (Wildman–Crippen LogP) is 1.87. The first-order valence-corrected chi connectivity index (χ1v) is 6.78. The number of hydrogen-bond donors (Lipinski definition) is 1. The normalized spacial score (nSPS) is 11.8. The third kappa shape index (κ3) is 4.23. The number of hydrogen-bond acceptors (Lipinski definition) is 5. The largest absolute Gasteiger partial charge is 0.383 e. The van der Waals surface area contributed by atoms with Crippen LogP contribution in [-0.4, -0.2) is 37.3 Å². The molecule has 0 aliphatic heterocycles. The molecule has 19 heavy (non-hydrogen) atoms. The molecule has 1 N–H and O–H groups in total. The molecule has 0 spiro atoms. The Morgan fingerprint density at radius 2 is 1.79 bits per heavy atom. The van der Waals surface area contributed by atoms with Crippen LogP contribution in [0, 0.1) is 0 Å². The van der Waals surface area contributed by atoms with Gasteiger partial charge < -0.3 is 14.8 Å². The van der Waals surface area contributed by atoms with E-state index in [1.165, 1.54) is 0 Å². The zero-order valence-electron chi connectivity index (χ0n) is 12.4. The van der Waals surface area contributed by atoms with Crippen molar-refractivity contribution in [3.8, 4) is 0 Å². The van der Waals surface area contributed by atoms with E-state index < -0.39 is 0 Å². The molecule has 0 fully saturated rings. The van der Waals surface area contributed by atoms with Crippen LogP contribution in [-0.2, 0) is 21.6 Å². The van der Waals surface area contributed by atoms with Crippen LogP contribution in [0.25, 0.3) is 0 Å². The molecule has 1 rings (SSSR count). The summed E-state index contributed by atoms with van der Waals surface area (Å²) in [6.45, 7) is 6.47. The predicted molar refractivity (Wildman–Crippen MR) is 74.9 cm³/mol. The first-order valence-electron chi connectivity index (χ1n) is 6.78. The molecule has 0 atom stereocenters. The summed E-state index contributed by atoms with van der Waals surface area (Å²) in [5.74, 6) is 0.764. The van der Waals surface area contributed by atoms with E-state index in [1.54, 1.807) is 14.2 Å². The van der Waals surface area contributed by atoms with Gasteiger partial charge in [-0.05, 0) is 12.8 Å². The summed E-state index contributed by atoms with van der Waals surface area (Å²) >= 11 is 0. The van der Waals surface area contributed by atoms with E-state index in [0.29, 0.717) is 6.61 Å². The fourth-order valence-electron chi connectivity index (χ4n) is 2.03. The van der Waals surface area contributed by atoms with E-state index >= 15 is 0 Å². The van der Waals surface area contributed by atoms with Gasteiger partial charge >= 0.3 is 0 Å². The van der Waals surface area contributed by atoms with Crippen LogP contribution in [0.3, 0.4) is 0 Å². The fraction of sp³-hybridized carbons (Fsp3) is 0.714. The van der Waals surface area contributed by atoms with Crippen molar-refractivity contribution >= 4 is 0 Å². The third-order valence-corrected chi connectivity index (χ3v) is 3.46. The zero-order valence-corrected chi connectivity index (χ0v) is 12.4. The van der Waals surface area contributed by atoms with E-state index in [4.69, 9.17) is 9.47 Å². The maximum absolute atomic E-state index is 5.62. The van der Waals surface area contributed by atoms with Crippen LogP contribution in [0.15, 0.2) is 12.4 Å². The highest BCUT2D eigenvalue weighted by molar-refractivity contribution is 5.09. The smallest absolute Gasteiger partial charge is 0.160 e. The van der Waals surface area contributed by atoms with Crippen molar-refractivity contribution in [2.24, 2.45) is 0 Å². The van der Waals surface area contributed by atoms with Crippen molar-refractivity contribution in [3.63, 3.8) is 0 Å². The van der Waals surface area contributed by atoms with E-state index in [0.717, 1.165) is 37.3 Å². The highest BCUT2D eigenvalue weighted by Crippen LogP contribution is 2.29. The van der Waals surface area contributed by atoms with E-state index in [2.05, 4.69) is 29.1 Å². The van der Waals surface area contributed by atoms with Crippen LogP contribution < -0.4 is 5.32 Å². The van der Waals surface area contributed by atoms with Crippen LogP contribution in [0.1, 0.15) is 38.1 Å². The number of ether oxygens (including phenoxy) is 2. The minimum absolute atomic E-state index is 0.359. The van der Waals surface area contributed by atoms with Gasteiger partial charge in [0.25, 0.3) is 0 Å². The summed E-state index contributed by atoms with van der Waals surface area (Å²) in [5.41, 5.74) is 0.708. The Bertz CT molecular complexity index is 342. The number of aromatic nitrogens is 2. The van der Waals surface area contributed by atoms with Crippen molar-refractivity contribution < 1.29 is 9.47 Å². The first-order chi connectivity index (χ1) is 9.22. The Morgan fingerprint density at radius 1 is 1.16 bits per heavy atom. The summed E-state index contributed by atoms with van der Waals surface area (Å²) in [6, 6.07) is 0. The molecule has 108 valence electrons. The Labute approximate surface area is 115 Å². The van der Waals surface area contributed by atoms with Crippen molar-refractivity contribution in [2.45, 2.75) is 38.8 Å². The summed E-state index contributed by atoms with van der Waals surface area (Å²) in [7, 11) is 3.41. The standard InChI is InChI=1S/C14H25N3O2/c1-5-14(6-2,19-4)13-16-10-12(11-17-13)9-15-7-8-18-3/h10-11,15H,5-9H2,1-4H3. The topological polar surface area (TPSA) is 56.3 Å². The van der Waals surface area contributed by atoms with Gasteiger partial charge in [-0.2, -0.15) is 0 Å². The summed E-state index contributed by atoms with van der Waals surface area (Å²) in [5, 5.41) is 3.27. The lowest BCUT2D eigenvalue weighted by Gasteiger charge is -2.28. The van der Waals surface area contributed by atoms with Crippen LogP contribution in [0.4, 0.5) is 0 Å². The average Bonchev–Trinajstić information content (AvgIpc) is 2.47. The average molecular weight is 267 g/mol. The molecule has 1 heterocycles. The van der Waals surface area contributed by atoms with Crippen molar-refractivity contribution in [2.75, 3.05) is 27.4 Å². The number of methoxy groups -OCH3 is 2. The quantitative estimate of drug-likeness (QED) is 0.692. The minimum atomic E-state index is -0.359. The van der Waals surface area contributed by atoms with Crippen LogP contribution in [0.2, 0.25) is 0 Å². The Kier molecular flexibility index (Phi) is 6.91. The zero-order chi connectivity index (χ0) is 14.1. The summed E-state index contributed by atoms with van der Waals surface area (Å²) in [4.78, 5) is 8.91. The van der Waals surface area contributed by atoms with Gasteiger partial charge in [-0.15, -0.1) is 0 Å². The molecular weight excluding hydrogens is 242 g/mol. The maximum Gasteiger partial charge on any atom is 0.160 e. The Balaban J connectivity index is 2.64. The molecule has 0 bridgehead atoms. The van der Waals surface area contributed by atoms with Crippen LogP contribution >= 0.6 is 0 Å². The first kappa shape index (κ1) is 16.0. The van der Waals surface area contributed by atoms with Gasteiger partial charge in [-0.1, -0.05) is 13.8 Å². The second-order valence-corrected chi connectivity index (χ2v) is 4.49. The maximum atomic E-state index is 5.62. The molecule has 0 amide bonds. The minimum Gasteiger partial charge on any atom is -0.383 e. The van der Waals surface area contributed by atoms with Crippen molar-refractivity contribution in [1.82, 2.24) is 15.3 Å². The number of nitrogens with zero attached hydrogens (tertiary/aromatic N) is 2. The van der Waals surface area contributed by atoms with Crippen molar-refractivity contribution in [3.05, 3.63) is 23.8 Å². The molecule has 0 radical (unpaired) electrons. The molecule has 5 nitrogen and oxygen atoms in total. The Hall–Kier alpha value is -1.04. The van der Waals surface area contributed by atoms with Gasteiger partial charge in [0, 0.05) is 45.3 Å². The molecule has 0 unspecified atom stereocenters. The second-order valence-electron chi connectivity index (χ2n) is 4.49. The van der Waals surface area contributed by atoms with Crippen LogP contribution in [0.5, 0.6) is 0 Å². The van der Waals surface area contributed by atoms with E-state index in [1.807, 2.05) is 12.4 Å². The Morgan fingerprint density at radius 3 is 2.26 bits per heavy atom. The highest BCUT2D eigenvalue weighted by atomic mass is 16.5. The SMILES string of the molecule is CCC(CC)(OC)c1ncc(CNCCOC)cn1. The monoisotopic (exact) mass is 267 g/mol. The summed E-state index contributed by atoms with van der Waals surface area (Å²) < 4.78 is 10.6. The molecule has 0 saturated heterocycles. The van der Waals surface area contributed by atoms with Gasteiger partial charge in [0.1, 0.15) is 5.60 Å². The molecule has 0 aromatic carbocycles. The molecule has 0 aliphatic carbocycles. The molecule has 0 saturated carbocycles. The van der Waals surface area contributed by atoms with E-state index in [-0.39, 0.29) is 5.60 Å². The van der Waals surface area contributed by atoms with Gasteiger partial charge in [0.15, 0.2) is 5.82 Å². The highest BCUT2D eigenvalue weighted by Gasteiger charge is 2.30. The van der Waals surface area contributed by atoms with Gasteiger partial charge in [0.05, 0.1) is 6.61 Å². The lowest BCUT2D eigenvalue weighted by Crippen LogP contribution is -2.29. The third-order valence-electron chi connectivity index (χ3n) is 3.46. The lowest BCUT2D eigenvalue weighted by atomic mass is 9.96. The molecule has 1 aromatic heterocycles. The van der Waals surface area contributed by atoms with Gasteiger partial charge in [0.2, 0.25) is 0 Å². The lowest BCUT2D eigenvalue weighted by molar-refractivity contribution is -0.0292.